The molecule has 128 valence electrons. The van der Waals surface area contributed by atoms with E-state index >= 15 is 0 Å². The van der Waals surface area contributed by atoms with Gasteiger partial charge in [0, 0.05) is 18.8 Å². The molecule has 1 unspecified atom stereocenters. The molecule has 0 aliphatic carbocycles. The van der Waals surface area contributed by atoms with Crippen molar-refractivity contribution < 1.29 is 9.47 Å². The van der Waals surface area contributed by atoms with Gasteiger partial charge in [-0.25, -0.2) is 0 Å². The lowest BCUT2D eigenvalue weighted by atomic mass is 10.0. The molecule has 4 nitrogen and oxygen atoms in total. The van der Waals surface area contributed by atoms with Crippen LogP contribution in [0.15, 0.2) is 42.5 Å². The highest BCUT2D eigenvalue weighted by atomic mass is 16.5. The second kappa shape index (κ2) is 7.58. The summed E-state index contributed by atoms with van der Waals surface area (Å²) in [6.07, 6.45) is 1.07. The molecule has 1 aliphatic rings. The standard InChI is InChI=1S/C20H26N2O2/c1-3-23-19-10-9-16(13-20(19)24-4-2)18(14-21)22-12-11-15-7-5-6-8-17(15)22/h5-10,13,18H,3-4,11-12,14,21H2,1-2H3. The second-order valence-electron chi connectivity index (χ2n) is 5.90. The summed E-state index contributed by atoms with van der Waals surface area (Å²) in [7, 11) is 0. The molecule has 0 saturated carbocycles. The molecule has 2 aromatic rings. The van der Waals surface area contributed by atoms with Crippen LogP contribution in [0.3, 0.4) is 0 Å². The molecule has 1 heterocycles. The first-order chi connectivity index (χ1) is 11.8. The van der Waals surface area contributed by atoms with Gasteiger partial charge in [0.15, 0.2) is 11.5 Å². The summed E-state index contributed by atoms with van der Waals surface area (Å²) < 4.78 is 11.4. The number of anilines is 1. The molecule has 0 bridgehead atoms. The van der Waals surface area contributed by atoms with Gasteiger partial charge in [0.2, 0.25) is 0 Å². The maximum atomic E-state index is 6.15. The number of nitrogens with two attached hydrogens (primary N) is 1. The average Bonchev–Trinajstić information content (AvgIpc) is 3.02. The number of hydrogen-bond donors (Lipinski definition) is 1. The van der Waals surface area contributed by atoms with Crippen LogP contribution in [0.5, 0.6) is 11.5 Å². The normalized spacial score (nSPS) is 14.4. The van der Waals surface area contributed by atoms with E-state index in [0.717, 1.165) is 24.5 Å². The number of fused-ring (bicyclic) bond motifs is 1. The van der Waals surface area contributed by atoms with Crippen LogP contribution in [0.4, 0.5) is 5.69 Å². The Morgan fingerprint density at radius 1 is 1.04 bits per heavy atom. The third-order valence-corrected chi connectivity index (χ3v) is 4.47. The molecule has 0 aromatic heterocycles. The molecule has 0 amide bonds. The summed E-state index contributed by atoms with van der Waals surface area (Å²) in [6.45, 7) is 6.77. The Morgan fingerprint density at radius 3 is 2.54 bits per heavy atom. The fraction of sp³-hybridized carbons (Fsp3) is 0.400. The Morgan fingerprint density at radius 2 is 1.79 bits per heavy atom. The van der Waals surface area contributed by atoms with Crippen LogP contribution in [0.2, 0.25) is 0 Å². The first-order valence-electron chi connectivity index (χ1n) is 8.72. The van der Waals surface area contributed by atoms with Crippen molar-refractivity contribution in [2.24, 2.45) is 5.73 Å². The van der Waals surface area contributed by atoms with E-state index in [-0.39, 0.29) is 6.04 Å². The van der Waals surface area contributed by atoms with Crippen LogP contribution >= 0.6 is 0 Å². The van der Waals surface area contributed by atoms with Crippen molar-refractivity contribution >= 4 is 5.69 Å². The first kappa shape index (κ1) is 16.7. The average molecular weight is 326 g/mol. The molecule has 2 aromatic carbocycles. The molecule has 24 heavy (non-hydrogen) atoms. The van der Waals surface area contributed by atoms with Crippen LogP contribution in [-0.4, -0.2) is 26.3 Å². The van der Waals surface area contributed by atoms with Gasteiger partial charge < -0.3 is 20.1 Å². The number of rotatable bonds is 7. The van der Waals surface area contributed by atoms with Crippen LogP contribution in [0.25, 0.3) is 0 Å². The molecule has 3 rings (SSSR count). The van der Waals surface area contributed by atoms with Gasteiger partial charge in [-0.05, 0) is 49.6 Å². The minimum atomic E-state index is 0.142. The van der Waals surface area contributed by atoms with Gasteiger partial charge in [0.1, 0.15) is 0 Å². The van der Waals surface area contributed by atoms with Gasteiger partial charge in [0.25, 0.3) is 0 Å². The van der Waals surface area contributed by atoms with E-state index in [2.05, 4.69) is 41.3 Å². The predicted molar refractivity (Wildman–Crippen MR) is 98.1 cm³/mol. The van der Waals surface area contributed by atoms with Gasteiger partial charge in [-0.15, -0.1) is 0 Å². The molecule has 0 spiro atoms. The van der Waals surface area contributed by atoms with Crippen molar-refractivity contribution in [3.8, 4) is 11.5 Å². The lowest BCUT2D eigenvalue weighted by Gasteiger charge is -2.30. The van der Waals surface area contributed by atoms with Crippen LogP contribution in [0.1, 0.15) is 31.0 Å². The molecule has 0 fully saturated rings. The summed E-state index contributed by atoms with van der Waals surface area (Å²) in [5.74, 6) is 1.59. The van der Waals surface area contributed by atoms with E-state index < -0.39 is 0 Å². The molecule has 4 heteroatoms. The second-order valence-corrected chi connectivity index (χ2v) is 5.90. The van der Waals surface area contributed by atoms with Crippen LogP contribution in [0, 0.1) is 0 Å². The quantitative estimate of drug-likeness (QED) is 0.845. The zero-order valence-electron chi connectivity index (χ0n) is 14.5. The maximum absolute atomic E-state index is 6.15. The highest BCUT2D eigenvalue weighted by Crippen LogP contribution is 2.37. The van der Waals surface area contributed by atoms with E-state index in [1.807, 2.05) is 19.9 Å². The smallest absolute Gasteiger partial charge is 0.161 e. The van der Waals surface area contributed by atoms with E-state index in [0.29, 0.717) is 19.8 Å². The number of hydrogen-bond acceptors (Lipinski definition) is 4. The van der Waals surface area contributed by atoms with Crippen molar-refractivity contribution in [3.63, 3.8) is 0 Å². The summed E-state index contributed by atoms with van der Waals surface area (Å²) in [5.41, 5.74) is 10.0. The van der Waals surface area contributed by atoms with E-state index in [1.165, 1.54) is 16.8 Å². The Labute approximate surface area is 144 Å². The van der Waals surface area contributed by atoms with E-state index in [9.17, 15) is 0 Å². The van der Waals surface area contributed by atoms with Gasteiger partial charge in [-0.3, -0.25) is 0 Å². The zero-order chi connectivity index (χ0) is 16.9. The molecule has 0 saturated heterocycles. The first-order valence-corrected chi connectivity index (χ1v) is 8.72. The third-order valence-electron chi connectivity index (χ3n) is 4.47. The number of nitrogens with zero attached hydrogens (tertiary/aromatic N) is 1. The number of ether oxygens (including phenoxy) is 2. The Balaban J connectivity index is 1.92. The summed E-state index contributed by atoms with van der Waals surface area (Å²) in [4.78, 5) is 2.40. The van der Waals surface area contributed by atoms with Gasteiger partial charge in [-0.1, -0.05) is 24.3 Å². The minimum Gasteiger partial charge on any atom is -0.490 e. The topological polar surface area (TPSA) is 47.7 Å². The predicted octanol–water partition coefficient (Wildman–Crippen LogP) is 3.55. The molecule has 0 radical (unpaired) electrons. The van der Waals surface area contributed by atoms with Gasteiger partial charge in [0.05, 0.1) is 19.3 Å². The van der Waals surface area contributed by atoms with Crippen molar-refractivity contribution in [1.82, 2.24) is 0 Å². The molecule has 2 N–H and O–H groups in total. The van der Waals surface area contributed by atoms with E-state index in [1.54, 1.807) is 0 Å². The lowest BCUT2D eigenvalue weighted by Crippen LogP contribution is -2.32. The monoisotopic (exact) mass is 326 g/mol. The SMILES string of the molecule is CCOc1ccc(C(CN)N2CCc3ccccc32)cc1OCC. The number of benzene rings is 2. The van der Waals surface area contributed by atoms with Crippen molar-refractivity contribution in [3.05, 3.63) is 53.6 Å². The van der Waals surface area contributed by atoms with Crippen molar-refractivity contribution in [1.29, 1.82) is 0 Å². The molecule has 1 aliphatic heterocycles. The van der Waals surface area contributed by atoms with Crippen molar-refractivity contribution in [2.45, 2.75) is 26.3 Å². The number of para-hydroxylation sites is 1. The largest absolute Gasteiger partial charge is 0.490 e. The highest BCUT2D eigenvalue weighted by Gasteiger charge is 2.26. The summed E-state index contributed by atoms with van der Waals surface area (Å²) >= 11 is 0. The summed E-state index contributed by atoms with van der Waals surface area (Å²) in [5, 5.41) is 0. The van der Waals surface area contributed by atoms with E-state index in [4.69, 9.17) is 15.2 Å². The fourth-order valence-corrected chi connectivity index (χ4v) is 3.41. The van der Waals surface area contributed by atoms with Crippen molar-refractivity contribution in [2.75, 3.05) is 31.2 Å². The Bertz CT molecular complexity index is 687. The molecular formula is C20H26N2O2. The summed E-state index contributed by atoms with van der Waals surface area (Å²) in [6, 6.07) is 14.9. The highest BCUT2D eigenvalue weighted by molar-refractivity contribution is 5.60. The third kappa shape index (κ3) is 3.20. The lowest BCUT2D eigenvalue weighted by molar-refractivity contribution is 0.287. The zero-order valence-corrected chi connectivity index (χ0v) is 14.5. The van der Waals surface area contributed by atoms with Crippen LogP contribution in [-0.2, 0) is 6.42 Å². The van der Waals surface area contributed by atoms with Gasteiger partial charge in [-0.2, -0.15) is 0 Å². The maximum Gasteiger partial charge on any atom is 0.161 e. The Hall–Kier alpha value is -2.20. The molecular weight excluding hydrogens is 300 g/mol. The Kier molecular flexibility index (Phi) is 5.26. The fourth-order valence-electron chi connectivity index (χ4n) is 3.41. The molecule has 1 atom stereocenters. The van der Waals surface area contributed by atoms with Gasteiger partial charge >= 0.3 is 0 Å². The minimum absolute atomic E-state index is 0.142. The van der Waals surface area contributed by atoms with Crippen LogP contribution < -0.4 is 20.1 Å².